The molecule has 0 aromatic carbocycles. The Bertz CT molecular complexity index is 144. The highest BCUT2D eigenvalue weighted by Crippen LogP contribution is 2.06. The molecule has 0 rings (SSSR count). The smallest absolute Gasteiger partial charge is 0.236 e. The quantitative estimate of drug-likeness (QED) is 0.470. The first-order valence-electron chi connectivity index (χ1n) is 3.45. The SMILES string of the molecule is CCC(CC)C(=O)NC#N. The van der Waals surface area contributed by atoms with Gasteiger partial charge in [-0.2, -0.15) is 5.26 Å². The summed E-state index contributed by atoms with van der Waals surface area (Å²) in [6.07, 6.45) is 3.21. The van der Waals surface area contributed by atoms with Gasteiger partial charge in [-0.3, -0.25) is 10.1 Å². The van der Waals surface area contributed by atoms with Gasteiger partial charge < -0.3 is 0 Å². The van der Waals surface area contributed by atoms with Crippen molar-refractivity contribution in [3.05, 3.63) is 0 Å². The summed E-state index contributed by atoms with van der Waals surface area (Å²) in [5.74, 6) is -0.160. The molecule has 0 aliphatic carbocycles. The molecule has 0 radical (unpaired) electrons. The summed E-state index contributed by atoms with van der Waals surface area (Å²) >= 11 is 0. The van der Waals surface area contributed by atoms with Crippen LogP contribution in [0.2, 0.25) is 0 Å². The number of carbonyl (C=O) groups is 1. The molecule has 1 amide bonds. The van der Waals surface area contributed by atoms with Crippen LogP contribution in [0.1, 0.15) is 26.7 Å². The van der Waals surface area contributed by atoms with Crippen LogP contribution in [0.5, 0.6) is 0 Å². The van der Waals surface area contributed by atoms with E-state index in [9.17, 15) is 4.79 Å². The van der Waals surface area contributed by atoms with Gasteiger partial charge in [-0.25, -0.2) is 0 Å². The van der Waals surface area contributed by atoms with Crippen molar-refractivity contribution in [3.8, 4) is 6.19 Å². The molecule has 0 bridgehead atoms. The van der Waals surface area contributed by atoms with Gasteiger partial charge >= 0.3 is 0 Å². The van der Waals surface area contributed by atoms with Gasteiger partial charge in [0.2, 0.25) is 5.91 Å². The average molecular weight is 140 g/mol. The summed E-state index contributed by atoms with van der Waals surface area (Å²) in [6, 6.07) is 0. The Morgan fingerprint density at radius 1 is 1.60 bits per heavy atom. The number of carbonyl (C=O) groups excluding carboxylic acids is 1. The number of nitriles is 1. The molecule has 0 aliphatic rings. The first-order chi connectivity index (χ1) is 4.76. The Morgan fingerprint density at radius 3 is 2.40 bits per heavy atom. The van der Waals surface area contributed by atoms with Gasteiger partial charge in [0.15, 0.2) is 6.19 Å². The molecule has 0 aromatic heterocycles. The van der Waals surface area contributed by atoms with E-state index in [1.54, 1.807) is 6.19 Å². The van der Waals surface area contributed by atoms with Gasteiger partial charge in [-0.05, 0) is 12.8 Å². The van der Waals surface area contributed by atoms with Crippen molar-refractivity contribution in [2.45, 2.75) is 26.7 Å². The van der Waals surface area contributed by atoms with Gasteiger partial charge in [-0.1, -0.05) is 13.8 Å². The molecule has 3 heteroatoms. The average Bonchev–Trinajstić information content (AvgIpc) is 1.91. The molecule has 0 saturated carbocycles. The molecule has 0 atom stereocenters. The van der Waals surface area contributed by atoms with Crippen LogP contribution in [-0.2, 0) is 4.79 Å². The van der Waals surface area contributed by atoms with Crippen molar-refractivity contribution in [1.82, 2.24) is 5.32 Å². The zero-order chi connectivity index (χ0) is 7.98. The van der Waals surface area contributed by atoms with Crippen LogP contribution in [-0.4, -0.2) is 5.91 Å². The van der Waals surface area contributed by atoms with E-state index >= 15 is 0 Å². The molecule has 1 N–H and O–H groups in total. The van der Waals surface area contributed by atoms with Crippen molar-refractivity contribution in [1.29, 1.82) is 5.26 Å². The van der Waals surface area contributed by atoms with Crippen molar-refractivity contribution < 1.29 is 4.79 Å². The van der Waals surface area contributed by atoms with E-state index in [2.05, 4.69) is 5.32 Å². The summed E-state index contributed by atoms with van der Waals surface area (Å²) in [4.78, 5) is 10.9. The normalized spacial score (nSPS) is 9.00. The van der Waals surface area contributed by atoms with Crippen molar-refractivity contribution >= 4 is 5.91 Å². The highest BCUT2D eigenvalue weighted by atomic mass is 16.1. The van der Waals surface area contributed by atoms with Crippen LogP contribution in [0, 0.1) is 17.4 Å². The first-order valence-corrected chi connectivity index (χ1v) is 3.45. The maximum absolute atomic E-state index is 10.9. The van der Waals surface area contributed by atoms with Gasteiger partial charge in [0.1, 0.15) is 0 Å². The lowest BCUT2D eigenvalue weighted by atomic mass is 10.0. The standard InChI is InChI=1S/C7H12N2O/c1-3-6(4-2)7(10)9-5-8/h6H,3-4H2,1-2H3,(H,9,10). The van der Waals surface area contributed by atoms with Crippen LogP contribution < -0.4 is 5.32 Å². The molecule has 0 heterocycles. The lowest BCUT2D eigenvalue weighted by Gasteiger charge is -2.06. The third kappa shape index (κ3) is 2.49. The van der Waals surface area contributed by atoms with Crippen LogP contribution in [0.3, 0.4) is 0 Å². The highest BCUT2D eigenvalue weighted by Gasteiger charge is 2.12. The Hall–Kier alpha value is -1.04. The Morgan fingerprint density at radius 2 is 2.10 bits per heavy atom. The van der Waals surface area contributed by atoms with Crippen LogP contribution in [0.25, 0.3) is 0 Å². The van der Waals surface area contributed by atoms with E-state index in [-0.39, 0.29) is 11.8 Å². The minimum atomic E-state index is -0.160. The van der Waals surface area contributed by atoms with E-state index < -0.39 is 0 Å². The predicted octanol–water partition coefficient (Wildman–Crippen LogP) is 1.02. The molecule has 56 valence electrons. The number of nitrogens with one attached hydrogen (secondary N) is 1. The summed E-state index contributed by atoms with van der Waals surface area (Å²) in [7, 11) is 0. The maximum Gasteiger partial charge on any atom is 0.236 e. The van der Waals surface area contributed by atoms with Gasteiger partial charge in [0.25, 0.3) is 0 Å². The Labute approximate surface area is 61.0 Å². The minimum Gasteiger partial charge on any atom is -0.274 e. The molecule has 0 spiro atoms. The second-order valence-electron chi connectivity index (χ2n) is 2.11. The van der Waals surface area contributed by atoms with Gasteiger partial charge in [0, 0.05) is 5.92 Å². The second-order valence-corrected chi connectivity index (χ2v) is 2.11. The fourth-order valence-corrected chi connectivity index (χ4v) is 0.817. The van der Waals surface area contributed by atoms with E-state index in [0.717, 1.165) is 12.8 Å². The lowest BCUT2D eigenvalue weighted by Crippen LogP contribution is -2.25. The minimum absolute atomic E-state index is 0.000324. The zero-order valence-electron chi connectivity index (χ0n) is 6.35. The van der Waals surface area contributed by atoms with Gasteiger partial charge in [0.05, 0.1) is 0 Å². The third-order valence-corrected chi connectivity index (χ3v) is 1.54. The van der Waals surface area contributed by atoms with Gasteiger partial charge in [-0.15, -0.1) is 0 Å². The highest BCUT2D eigenvalue weighted by molar-refractivity contribution is 5.79. The van der Waals surface area contributed by atoms with Crippen LogP contribution in [0.15, 0.2) is 0 Å². The monoisotopic (exact) mass is 140 g/mol. The van der Waals surface area contributed by atoms with E-state index in [0.29, 0.717) is 0 Å². The molecule has 0 fully saturated rings. The third-order valence-electron chi connectivity index (χ3n) is 1.54. The van der Waals surface area contributed by atoms with Crippen LogP contribution >= 0.6 is 0 Å². The topological polar surface area (TPSA) is 52.9 Å². The second kappa shape index (κ2) is 4.80. The molecular formula is C7H12N2O. The first kappa shape index (κ1) is 8.96. The molecule has 0 saturated heterocycles. The van der Waals surface area contributed by atoms with E-state index in [1.165, 1.54) is 0 Å². The summed E-state index contributed by atoms with van der Waals surface area (Å²) in [6.45, 7) is 3.87. The number of hydrogen-bond acceptors (Lipinski definition) is 2. The summed E-state index contributed by atoms with van der Waals surface area (Å²) in [5, 5.41) is 10.2. The summed E-state index contributed by atoms with van der Waals surface area (Å²) < 4.78 is 0. The maximum atomic E-state index is 10.9. The Balaban J connectivity index is 3.79. The van der Waals surface area contributed by atoms with E-state index in [4.69, 9.17) is 5.26 Å². The molecular weight excluding hydrogens is 128 g/mol. The van der Waals surface area contributed by atoms with E-state index in [1.807, 2.05) is 13.8 Å². The number of nitrogens with zero attached hydrogens (tertiary/aromatic N) is 1. The molecule has 0 unspecified atom stereocenters. The molecule has 0 aromatic rings. The van der Waals surface area contributed by atoms with Crippen LogP contribution in [0.4, 0.5) is 0 Å². The number of rotatable bonds is 3. The Kier molecular flexibility index (Phi) is 4.30. The van der Waals surface area contributed by atoms with Crippen molar-refractivity contribution in [2.24, 2.45) is 5.92 Å². The number of hydrogen-bond donors (Lipinski definition) is 1. The molecule has 0 aliphatic heterocycles. The zero-order valence-corrected chi connectivity index (χ0v) is 6.35. The summed E-state index contributed by atoms with van der Waals surface area (Å²) in [5.41, 5.74) is 0. The number of amides is 1. The van der Waals surface area contributed by atoms with Crippen molar-refractivity contribution in [3.63, 3.8) is 0 Å². The largest absolute Gasteiger partial charge is 0.274 e. The van der Waals surface area contributed by atoms with Crippen molar-refractivity contribution in [2.75, 3.05) is 0 Å². The molecule has 3 nitrogen and oxygen atoms in total. The fourth-order valence-electron chi connectivity index (χ4n) is 0.817. The fraction of sp³-hybridized carbons (Fsp3) is 0.714. The molecule has 10 heavy (non-hydrogen) atoms. The lowest BCUT2D eigenvalue weighted by molar-refractivity contribution is -0.124. The predicted molar refractivity (Wildman–Crippen MR) is 37.8 cm³/mol.